The van der Waals surface area contributed by atoms with Gasteiger partial charge >= 0.3 is 18.0 Å². The van der Waals surface area contributed by atoms with E-state index < -0.39 is 35.3 Å². The van der Waals surface area contributed by atoms with E-state index in [1.165, 1.54) is 18.2 Å². The molecule has 0 radical (unpaired) electrons. The predicted molar refractivity (Wildman–Crippen MR) is 97.8 cm³/mol. The molecule has 0 aliphatic carbocycles. The summed E-state index contributed by atoms with van der Waals surface area (Å²) in [7, 11) is 0. The summed E-state index contributed by atoms with van der Waals surface area (Å²) in [6.07, 6.45) is -1.07. The Morgan fingerprint density at radius 3 is 2.07 bits per heavy atom. The maximum Gasteiger partial charge on any atom is 0.408 e. The van der Waals surface area contributed by atoms with Crippen LogP contribution in [0.5, 0.6) is 5.75 Å². The van der Waals surface area contributed by atoms with Crippen molar-refractivity contribution in [2.45, 2.75) is 65.2 Å². The average molecular weight is 381 g/mol. The van der Waals surface area contributed by atoms with E-state index in [0.29, 0.717) is 5.56 Å². The molecule has 0 saturated heterocycles. The van der Waals surface area contributed by atoms with Gasteiger partial charge in [0.2, 0.25) is 0 Å². The highest BCUT2D eigenvalue weighted by atomic mass is 16.6. The van der Waals surface area contributed by atoms with E-state index in [0.717, 1.165) is 0 Å². The molecule has 8 nitrogen and oxygen atoms in total. The monoisotopic (exact) mass is 381 g/mol. The minimum Gasteiger partial charge on any atom is -0.508 e. The van der Waals surface area contributed by atoms with Crippen LogP contribution in [0.15, 0.2) is 18.2 Å². The summed E-state index contributed by atoms with van der Waals surface area (Å²) in [6, 6.07) is 2.62. The van der Waals surface area contributed by atoms with Gasteiger partial charge in [0, 0.05) is 6.42 Å². The van der Waals surface area contributed by atoms with Crippen molar-refractivity contribution in [3.05, 3.63) is 29.3 Å². The van der Waals surface area contributed by atoms with Crippen LogP contribution in [0.2, 0.25) is 0 Å². The molecule has 1 rings (SSSR count). The quantitative estimate of drug-likeness (QED) is 0.670. The van der Waals surface area contributed by atoms with Gasteiger partial charge in [0.05, 0.1) is 5.56 Å². The zero-order valence-electron chi connectivity index (χ0n) is 16.5. The van der Waals surface area contributed by atoms with E-state index in [-0.39, 0.29) is 17.7 Å². The van der Waals surface area contributed by atoms with E-state index in [1.54, 1.807) is 41.5 Å². The number of carbonyl (C=O) groups is 3. The number of aliphatic carboxylic acids is 1. The summed E-state index contributed by atoms with van der Waals surface area (Å²) < 4.78 is 10.4. The molecule has 27 heavy (non-hydrogen) atoms. The number of carbonyl (C=O) groups excluding carboxylic acids is 2. The van der Waals surface area contributed by atoms with Crippen LogP contribution in [0.25, 0.3) is 0 Å². The molecule has 0 bridgehead atoms. The number of ether oxygens (including phenoxy) is 2. The lowest BCUT2D eigenvalue weighted by Gasteiger charge is -2.23. The van der Waals surface area contributed by atoms with Crippen LogP contribution in [-0.4, -0.2) is 45.5 Å². The molecular formula is C19H27NO7. The zero-order valence-corrected chi connectivity index (χ0v) is 16.5. The third kappa shape index (κ3) is 7.98. The topological polar surface area (TPSA) is 122 Å². The smallest absolute Gasteiger partial charge is 0.408 e. The third-order valence-corrected chi connectivity index (χ3v) is 3.13. The summed E-state index contributed by atoms with van der Waals surface area (Å²) >= 11 is 0. The Labute approximate surface area is 158 Å². The Kier molecular flexibility index (Phi) is 6.83. The fraction of sp³-hybridized carbons (Fsp3) is 0.526. The number of rotatable bonds is 5. The predicted octanol–water partition coefficient (Wildman–Crippen LogP) is 2.87. The van der Waals surface area contributed by atoms with Crippen LogP contribution in [0.1, 0.15) is 57.5 Å². The minimum absolute atomic E-state index is 0.0298. The van der Waals surface area contributed by atoms with Gasteiger partial charge in [-0.15, -0.1) is 0 Å². The number of hydrogen-bond donors (Lipinski definition) is 3. The Morgan fingerprint density at radius 1 is 1.04 bits per heavy atom. The van der Waals surface area contributed by atoms with E-state index in [4.69, 9.17) is 9.47 Å². The number of phenols is 1. The van der Waals surface area contributed by atoms with E-state index in [9.17, 15) is 24.6 Å². The first kappa shape index (κ1) is 22.3. The van der Waals surface area contributed by atoms with Crippen LogP contribution in [-0.2, 0) is 20.7 Å². The number of alkyl carbamates (subject to hydrolysis) is 1. The summed E-state index contributed by atoms with van der Waals surface area (Å²) in [5, 5.41) is 21.4. The molecule has 1 unspecified atom stereocenters. The minimum atomic E-state index is -1.33. The van der Waals surface area contributed by atoms with E-state index in [2.05, 4.69) is 5.32 Å². The average Bonchev–Trinajstić information content (AvgIpc) is 2.44. The van der Waals surface area contributed by atoms with Crippen LogP contribution in [0.3, 0.4) is 0 Å². The SMILES string of the molecule is CC(C)(C)OC(=O)NC(Cc1ccc(O)cc1C(=O)OC(C)(C)C)C(=O)O. The first-order valence-electron chi connectivity index (χ1n) is 8.45. The van der Waals surface area contributed by atoms with Gasteiger partial charge in [-0.1, -0.05) is 6.07 Å². The lowest BCUT2D eigenvalue weighted by Crippen LogP contribution is -2.44. The van der Waals surface area contributed by atoms with Crippen molar-refractivity contribution in [2.75, 3.05) is 0 Å². The van der Waals surface area contributed by atoms with Crippen LogP contribution < -0.4 is 5.32 Å². The molecular weight excluding hydrogens is 354 g/mol. The molecule has 1 atom stereocenters. The number of benzene rings is 1. The van der Waals surface area contributed by atoms with Crippen molar-refractivity contribution in [3.8, 4) is 5.75 Å². The Hall–Kier alpha value is -2.77. The number of phenolic OH excluding ortho intramolecular Hbond substituents is 1. The number of carboxylic acid groups (broad SMARTS) is 1. The van der Waals surface area contributed by atoms with Crippen molar-refractivity contribution in [3.63, 3.8) is 0 Å². The van der Waals surface area contributed by atoms with E-state index in [1.807, 2.05) is 0 Å². The first-order chi connectivity index (χ1) is 12.2. The summed E-state index contributed by atoms with van der Waals surface area (Å²) in [4.78, 5) is 35.8. The Balaban J connectivity index is 3.07. The second-order valence-electron chi connectivity index (χ2n) is 8.08. The molecule has 3 N–H and O–H groups in total. The molecule has 8 heteroatoms. The Morgan fingerprint density at radius 2 is 1.59 bits per heavy atom. The number of carboxylic acids is 1. The fourth-order valence-electron chi connectivity index (χ4n) is 2.14. The first-order valence-corrected chi connectivity index (χ1v) is 8.45. The summed E-state index contributed by atoms with van der Waals surface area (Å²) in [5.41, 5.74) is -1.21. The van der Waals surface area contributed by atoms with Crippen molar-refractivity contribution >= 4 is 18.0 Å². The molecule has 0 aliphatic rings. The van der Waals surface area contributed by atoms with Gasteiger partial charge in [-0.05, 0) is 59.2 Å². The third-order valence-electron chi connectivity index (χ3n) is 3.13. The number of nitrogens with one attached hydrogen (secondary N) is 1. The number of amides is 1. The van der Waals surface area contributed by atoms with Crippen molar-refractivity contribution in [1.29, 1.82) is 0 Å². The zero-order chi connectivity index (χ0) is 21.0. The van der Waals surface area contributed by atoms with Gasteiger partial charge in [-0.3, -0.25) is 0 Å². The second-order valence-corrected chi connectivity index (χ2v) is 8.08. The van der Waals surface area contributed by atoms with E-state index >= 15 is 0 Å². The number of hydrogen-bond acceptors (Lipinski definition) is 6. The van der Waals surface area contributed by atoms with Crippen molar-refractivity contribution in [2.24, 2.45) is 0 Å². The molecule has 1 aromatic carbocycles. The summed E-state index contributed by atoms with van der Waals surface area (Å²) in [6.45, 7) is 10.0. The molecule has 0 saturated carbocycles. The number of esters is 1. The summed E-state index contributed by atoms with van der Waals surface area (Å²) in [5.74, 6) is -2.15. The second kappa shape index (κ2) is 8.28. The fourth-order valence-corrected chi connectivity index (χ4v) is 2.14. The molecule has 0 heterocycles. The highest BCUT2D eigenvalue weighted by molar-refractivity contribution is 5.92. The van der Waals surface area contributed by atoms with Gasteiger partial charge < -0.3 is 25.0 Å². The maximum atomic E-state index is 12.4. The number of aromatic hydroxyl groups is 1. The largest absolute Gasteiger partial charge is 0.508 e. The van der Waals surface area contributed by atoms with Crippen LogP contribution in [0, 0.1) is 0 Å². The molecule has 0 spiro atoms. The normalized spacial score (nSPS) is 12.8. The maximum absolute atomic E-state index is 12.4. The van der Waals surface area contributed by atoms with Crippen LogP contribution >= 0.6 is 0 Å². The Bertz CT molecular complexity index is 714. The highest BCUT2D eigenvalue weighted by Gasteiger charge is 2.27. The lowest BCUT2D eigenvalue weighted by atomic mass is 9.99. The van der Waals surface area contributed by atoms with Gasteiger partial charge in [0.1, 0.15) is 23.0 Å². The molecule has 1 amide bonds. The van der Waals surface area contributed by atoms with Gasteiger partial charge in [0.25, 0.3) is 0 Å². The standard InChI is InChI=1S/C19H27NO7/c1-18(2,3)26-16(24)13-10-12(21)8-7-11(13)9-14(15(22)23)20-17(25)27-19(4,5)6/h7-8,10,14,21H,9H2,1-6H3,(H,20,25)(H,22,23). The molecule has 150 valence electrons. The van der Waals surface area contributed by atoms with Gasteiger partial charge in [-0.25, -0.2) is 14.4 Å². The molecule has 1 aromatic rings. The highest BCUT2D eigenvalue weighted by Crippen LogP contribution is 2.22. The van der Waals surface area contributed by atoms with Crippen molar-refractivity contribution in [1.82, 2.24) is 5.32 Å². The molecule has 0 aliphatic heterocycles. The molecule has 0 fully saturated rings. The van der Waals surface area contributed by atoms with Gasteiger partial charge in [0.15, 0.2) is 0 Å². The van der Waals surface area contributed by atoms with Crippen LogP contribution in [0.4, 0.5) is 4.79 Å². The lowest BCUT2D eigenvalue weighted by molar-refractivity contribution is -0.139. The van der Waals surface area contributed by atoms with Crippen molar-refractivity contribution < 1.29 is 34.1 Å². The molecule has 0 aromatic heterocycles. The van der Waals surface area contributed by atoms with Gasteiger partial charge in [-0.2, -0.15) is 0 Å².